The van der Waals surface area contributed by atoms with Gasteiger partial charge in [-0.15, -0.1) is 0 Å². The van der Waals surface area contributed by atoms with E-state index in [-0.39, 0.29) is 16.8 Å². The zero-order valence-corrected chi connectivity index (χ0v) is 22.5. The fraction of sp³-hybridized carbons (Fsp3) is 0.345. The zero-order chi connectivity index (χ0) is 26.3. The van der Waals surface area contributed by atoms with Crippen molar-refractivity contribution >= 4 is 23.4 Å². The number of aryl methyl sites for hydroxylation is 1. The Hall–Kier alpha value is -3.52. The summed E-state index contributed by atoms with van der Waals surface area (Å²) in [5.74, 6) is 1.80. The number of hydrogen-bond acceptors (Lipinski definition) is 7. The normalized spacial score (nSPS) is 18.1. The summed E-state index contributed by atoms with van der Waals surface area (Å²) in [5.41, 5.74) is 4.63. The van der Waals surface area contributed by atoms with Crippen LogP contribution in [0.4, 0.5) is 5.82 Å². The summed E-state index contributed by atoms with van der Waals surface area (Å²) in [4.78, 5) is 34.9. The predicted octanol–water partition coefficient (Wildman–Crippen LogP) is 5.59. The number of aromatic nitrogens is 2. The maximum Gasteiger partial charge on any atom is 0.257 e. The van der Waals surface area contributed by atoms with Crippen molar-refractivity contribution in [2.75, 3.05) is 19.5 Å². The van der Waals surface area contributed by atoms with E-state index in [4.69, 9.17) is 14.5 Å². The van der Waals surface area contributed by atoms with Crippen LogP contribution in [0.1, 0.15) is 54.9 Å². The molecule has 1 unspecified atom stereocenters. The predicted molar refractivity (Wildman–Crippen MR) is 146 cm³/mol. The summed E-state index contributed by atoms with van der Waals surface area (Å²) in [5, 5.41) is 3.92. The van der Waals surface area contributed by atoms with E-state index in [1.165, 1.54) is 22.9 Å². The molecule has 0 bridgehead atoms. The Morgan fingerprint density at radius 3 is 2.54 bits per heavy atom. The SMILES string of the molecule is COc1ccc(C2C3=C(CC(C)(C)CC3=O)Nc3nc(SCc4ccccc4C)[nH]c(=O)c32)cc1OC. The minimum atomic E-state index is -0.554. The van der Waals surface area contributed by atoms with E-state index in [1.807, 2.05) is 24.3 Å². The molecular formula is C29H31N3O4S. The molecule has 1 aromatic heterocycles. The highest BCUT2D eigenvalue weighted by Crippen LogP contribution is 2.48. The zero-order valence-electron chi connectivity index (χ0n) is 21.7. The number of anilines is 1. The number of benzene rings is 2. The summed E-state index contributed by atoms with van der Waals surface area (Å²) in [6.07, 6.45) is 1.11. The number of methoxy groups -OCH3 is 2. The molecule has 3 aromatic rings. The molecule has 0 amide bonds. The third-order valence-electron chi connectivity index (χ3n) is 7.07. The van der Waals surface area contributed by atoms with E-state index in [9.17, 15) is 9.59 Å². The average Bonchev–Trinajstić information content (AvgIpc) is 2.85. The Morgan fingerprint density at radius 2 is 1.81 bits per heavy atom. The molecule has 8 heteroatoms. The number of carbonyl (C=O) groups is 1. The Kier molecular flexibility index (Phi) is 6.62. The second kappa shape index (κ2) is 9.74. The highest BCUT2D eigenvalue weighted by Gasteiger charge is 2.42. The largest absolute Gasteiger partial charge is 0.493 e. The number of ketones is 1. The van der Waals surface area contributed by atoms with Gasteiger partial charge in [-0.25, -0.2) is 4.98 Å². The van der Waals surface area contributed by atoms with Crippen LogP contribution in [0.5, 0.6) is 11.5 Å². The molecule has 2 aliphatic rings. The Labute approximate surface area is 220 Å². The standard InChI is InChI=1S/C29H31N3O4S/c1-16-8-6-7-9-18(16)15-37-28-31-26-25(27(34)32-28)23(17-10-11-21(35-4)22(12-17)36-5)24-19(30-26)13-29(2,3)14-20(24)33/h6-12,23H,13-15H2,1-5H3,(H2,30,31,32,34). The number of nitrogens with zero attached hydrogens (tertiary/aromatic N) is 1. The topological polar surface area (TPSA) is 93.3 Å². The van der Waals surface area contributed by atoms with Crippen LogP contribution in [0.3, 0.4) is 0 Å². The van der Waals surface area contributed by atoms with Crippen LogP contribution in [0, 0.1) is 12.3 Å². The molecule has 0 saturated carbocycles. The molecule has 1 atom stereocenters. The molecule has 1 aliphatic carbocycles. The fourth-order valence-corrected chi connectivity index (χ4v) is 6.18. The van der Waals surface area contributed by atoms with Crippen molar-refractivity contribution in [3.05, 3.63) is 86.3 Å². The van der Waals surface area contributed by atoms with E-state index in [0.29, 0.717) is 52.2 Å². The summed E-state index contributed by atoms with van der Waals surface area (Å²) in [6, 6.07) is 13.7. The number of Topliss-reactive ketones (excluding diaryl/α,β-unsaturated/α-hetero) is 1. The van der Waals surface area contributed by atoms with Crippen LogP contribution in [0.25, 0.3) is 0 Å². The van der Waals surface area contributed by atoms with Crippen molar-refractivity contribution in [1.82, 2.24) is 9.97 Å². The molecule has 0 spiro atoms. The van der Waals surface area contributed by atoms with Gasteiger partial charge >= 0.3 is 0 Å². The number of ether oxygens (including phenoxy) is 2. The Morgan fingerprint density at radius 1 is 1.05 bits per heavy atom. The average molecular weight is 518 g/mol. The first kappa shape index (κ1) is 25.1. The molecule has 1 aliphatic heterocycles. The van der Waals surface area contributed by atoms with Crippen LogP contribution in [0.15, 0.2) is 63.7 Å². The number of nitrogens with one attached hydrogen (secondary N) is 2. The van der Waals surface area contributed by atoms with Gasteiger partial charge in [0.05, 0.1) is 19.8 Å². The van der Waals surface area contributed by atoms with Crippen molar-refractivity contribution in [2.24, 2.45) is 5.41 Å². The third kappa shape index (κ3) is 4.78. The minimum absolute atomic E-state index is 0.0431. The number of fused-ring (bicyclic) bond motifs is 1. The molecule has 37 heavy (non-hydrogen) atoms. The lowest BCUT2D eigenvalue weighted by Crippen LogP contribution is -2.37. The summed E-state index contributed by atoms with van der Waals surface area (Å²) < 4.78 is 11.0. The first-order valence-electron chi connectivity index (χ1n) is 12.3. The first-order chi connectivity index (χ1) is 17.7. The second-order valence-electron chi connectivity index (χ2n) is 10.4. The highest BCUT2D eigenvalue weighted by molar-refractivity contribution is 7.98. The van der Waals surface area contributed by atoms with Gasteiger partial charge in [-0.2, -0.15) is 0 Å². The highest BCUT2D eigenvalue weighted by atomic mass is 32.2. The van der Waals surface area contributed by atoms with Crippen LogP contribution < -0.4 is 20.3 Å². The molecule has 0 radical (unpaired) electrons. The fourth-order valence-electron chi connectivity index (χ4n) is 5.25. The third-order valence-corrected chi connectivity index (χ3v) is 7.99. The Bertz CT molecular complexity index is 1470. The molecule has 0 fully saturated rings. The van der Waals surface area contributed by atoms with Gasteiger partial charge < -0.3 is 19.8 Å². The number of rotatable bonds is 6. The quantitative estimate of drug-likeness (QED) is 0.325. The number of hydrogen-bond donors (Lipinski definition) is 2. The van der Waals surface area contributed by atoms with E-state index in [0.717, 1.165) is 11.3 Å². The van der Waals surface area contributed by atoms with Crippen molar-refractivity contribution in [3.8, 4) is 11.5 Å². The summed E-state index contributed by atoms with van der Waals surface area (Å²) in [6.45, 7) is 6.25. The smallest absolute Gasteiger partial charge is 0.257 e. The van der Waals surface area contributed by atoms with Crippen LogP contribution in [-0.2, 0) is 10.5 Å². The lowest BCUT2D eigenvalue weighted by molar-refractivity contribution is -0.118. The molecule has 5 rings (SSSR count). The van der Waals surface area contributed by atoms with Crippen molar-refractivity contribution in [2.45, 2.75) is 50.4 Å². The van der Waals surface area contributed by atoms with Gasteiger partial charge in [0.25, 0.3) is 5.56 Å². The van der Waals surface area contributed by atoms with Crippen molar-refractivity contribution in [1.29, 1.82) is 0 Å². The monoisotopic (exact) mass is 517 g/mol. The number of H-pyrrole nitrogens is 1. The van der Waals surface area contributed by atoms with E-state index in [1.54, 1.807) is 20.3 Å². The van der Waals surface area contributed by atoms with Crippen LogP contribution >= 0.6 is 11.8 Å². The molecule has 2 heterocycles. The van der Waals surface area contributed by atoms with Crippen molar-refractivity contribution < 1.29 is 14.3 Å². The molecule has 2 aromatic carbocycles. The van der Waals surface area contributed by atoms with Gasteiger partial charge in [-0.05, 0) is 47.6 Å². The maximum atomic E-state index is 13.6. The molecule has 0 saturated heterocycles. The molecule has 7 nitrogen and oxygen atoms in total. The number of aromatic amines is 1. The van der Waals surface area contributed by atoms with Crippen molar-refractivity contribution in [3.63, 3.8) is 0 Å². The maximum absolute atomic E-state index is 13.6. The first-order valence-corrected chi connectivity index (χ1v) is 13.3. The van der Waals surface area contributed by atoms with Crippen LogP contribution in [0.2, 0.25) is 0 Å². The molecule has 192 valence electrons. The van der Waals surface area contributed by atoms with Gasteiger partial charge in [-0.1, -0.05) is 55.9 Å². The van der Waals surface area contributed by atoms with Crippen LogP contribution in [-0.4, -0.2) is 30.0 Å². The summed E-state index contributed by atoms with van der Waals surface area (Å²) in [7, 11) is 3.15. The number of allylic oxidation sites excluding steroid dienone is 2. The van der Waals surface area contributed by atoms with E-state index < -0.39 is 5.92 Å². The molecule has 2 N–H and O–H groups in total. The number of thioether (sulfide) groups is 1. The van der Waals surface area contributed by atoms with Gasteiger partial charge in [-0.3, -0.25) is 9.59 Å². The minimum Gasteiger partial charge on any atom is -0.493 e. The van der Waals surface area contributed by atoms with E-state index >= 15 is 0 Å². The van der Waals surface area contributed by atoms with E-state index in [2.05, 4.69) is 43.2 Å². The van der Waals surface area contributed by atoms with Gasteiger partial charge in [0.2, 0.25) is 0 Å². The van der Waals surface area contributed by atoms with Gasteiger partial charge in [0.15, 0.2) is 22.4 Å². The second-order valence-corrected chi connectivity index (χ2v) is 11.3. The van der Waals surface area contributed by atoms with Gasteiger partial charge in [0, 0.05) is 29.4 Å². The lowest BCUT2D eigenvalue weighted by atomic mass is 9.69. The summed E-state index contributed by atoms with van der Waals surface area (Å²) >= 11 is 1.49. The number of carbonyl (C=O) groups excluding carboxylic acids is 1. The lowest BCUT2D eigenvalue weighted by Gasteiger charge is -2.38. The molecular weight excluding hydrogens is 486 g/mol. The van der Waals surface area contributed by atoms with Gasteiger partial charge in [0.1, 0.15) is 5.82 Å². The Balaban J connectivity index is 1.61.